The molecule has 0 bridgehead atoms. The van der Waals surface area contributed by atoms with Crippen molar-refractivity contribution in [3.63, 3.8) is 0 Å². The number of hydrogen-bond acceptors (Lipinski definition) is 2. The van der Waals surface area contributed by atoms with Gasteiger partial charge in [-0.1, -0.05) is 54.6 Å². The maximum atomic E-state index is 11.5. The number of aromatic nitrogens is 1. The molecule has 0 atom stereocenters. The minimum Gasteiger partial charge on any atom is -0.258 e. The van der Waals surface area contributed by atoms with E-state index in [4.69, 9.17) is 0 Å². The van der Waals surface area contributed by atoms with Crippen LogP contribution in [-0.2, 0) is 7.05 Å². The second-order valence-corrected chi connectivity index (χ2v) is 7.36. The van der Waals surface area contributed by atoms with E-state index in [1.807, 2.05) is 49.5 Å². The van der Waals surface area contributed by atoms with E-state index >= 15 is 0 Å². The maximum Gasteiger partial charge on any atom is 0.270 e. The van der Waals surface area contributed by atoms with E-state index < -0.39 is 0 Å². The smallest absolute Gasteiger partial charge is 0.258 e. The number of hydrogen-bond donors (Lipinski definition) is 0. The molecule has 4 heteroatoms. The molecule has 0 aliphatic rings. The first-order valence-corrected chi connectivity index (χ1v) is 9.78. The van der Waals surface area contributed by atoms with Crippen molar-refractivity contribution in [2.75, 3.05) is 0 Å². The highest BCUT2D eigenvalue weighted by atomic mass is 16.6. The monoisotopic (exact) mass is 391 g/mol. The van der Waals surface area contributed by atoms with Crippen LogP contribution in [0.15, 0.2) is 97.1 Å². The first kappa shape index (κ1) is 18.0. The average Bonchev–Trinajstić information content (AvgIpc) is 2.80. The van der Waals surface area contributed by atoms with E-state index in [-0.39, 0.29) is 10.6 Å². The standard InChI is InChI=1S/C26H19N2O2/c1-27-25-13-6-5-12-23(25)22-15-14-21(28(29)30)17-24(22)26(27)20-11-7-10-19(16-20)18-8-3-2-4-9-18/h2-17H,1H3/q+1. The maximum absolute atomic E-state index is 11.5. The summed E-state index contributed by atoms with van der Waals surface area (Å²) in [6.45, 7) is 0. The Labute approximate surface area is 173 Å². The lowest BCUT2D eigenvalue weighted by Crippen LogP contribution is -2.32. The van der Waals surface area contributed by atoms with Crippen molar-refractivity contribution < 1.29 is 9.49 Å². The molecule has 0 fully saturated rings. The molecule has 4 aromatic carbocycles. The molecule has 0 aliphatic carbocycles. The van der Waals surface area contributed by atoms with Crippen LogP contribution in [0.3, 0.4) is 0 Å². The Bertz CT molecular complexity index is 1430. The van der Waals surface area contributed by atoms with Gasteiger partial charge in [0.1, 0.15) is 7.05 Å². The van der Waals surface area contributed by atoms with Gasteiger partial charge < -0.3 is 0 Å². The van der Waals surface area contributed by atoms with Gasteiger partial charge in [0.2, 0.25) is 11.2 Å². The first-order chi connectivity index (χ1) is 14.6. The summed E-state index contributed by atoms with van der Waals surface area (Å²) in [4.78, 5) is 11.1. The van der Waals surface area contributed by atoms with E-state index in [1.165, 1.54) is 0 Å². The van der Waals surface area contributed by atoms with Crippen molar-refractivity contribution in [2.24, 2.45) is 7.05 Å². The van der Waals surface area contributed by atoms with Crippen LogP contribution in [0, 0.1) is 10.1 Å². The fourth-order valence-corrected chi connectivity index (χ4v) is 4.20. The lowest BCUT2D eigenvalue weighted by Gasteiger charge is -2.11. The normalized spacial score (nSPS) is 11.1. The van der Waals surface area contributed by atoms with E-state index in [1.54, 1.807) is 12.1 Å². The van der Waals surface area contributed by atoms with Gasteiger partial charge in [0.25, 0.3) is 5.69 Å². The zero-order chi connectivity index (χ0) is 20.7. The largest absolute Gasteiger partial charge is 0.270 e. The summed E-state index contributed by atoms with van der Waals surface area (Å²) < 4.78 is 2.13. The van der Waals surface area contributed by atoms with Crippen LogP contribution in [0.1, 0.15) is 0 Å². The van der Waals surface area contributed by atoms with Gasteiger partial charge in [-0.05, 0) is 35.4 Å². The van der Waals surface area contributed by atoms with Crippen LogP contribution in [0.25, 0.3) is 44.1 Å². The topological polar surface area (TPSA) is 47.0 Å². The summed E-state index contributed by atoms with van der Waals surface area (Å²) >= 11 is 0. The summed E-state index contributed by atoms with van der Waals surface area (Å²) in [5.41, 5.74) is 5.41. The number of aryl methyl sites for hydroxylation is 1. The Kier molecular flexibility index (Phi) is 4.25. The third-order valence-electron chi connectivity index (χ3n) is 5.60. The van der Waals surface area contributed by atoms with Crippen LogP contribution in [0.4, 0.5) is 5.69 Å². The Hall–Kier alpha value is -4.05. The van der Waals surface area contributed by atoms with E-state index in [2.05, 4.69) is 47.0 Å². The van der Waals surface area contributed by atoms with Crippen molar-refractivity contribution in [3.8, 4) is 22.4 Å². The van der Waals surface area contributed by atoms with Crippen molar-refractivity contribution in [3.05, 3.63) is 107 Å². The lowest BCUT2D eigenvalue weighted by atomic mass is 9.96. The number of nitro benzene ring substituents is 1. The van der Waals surface area contributed by atoms with Gasteiger partial charge >= 0.3 is 0 Å². The van der Waals surface area contributed by atoms with Crippen molar-refractivity contribution in [1.82, 2.24) is 0 Å². The molecule has 30 heavy (non-hydrogen) atoms. The number of non-ortho nitro benzene ring substituents is 1. The van der Waals surface area contributed by atoms with Crippen molar-refractivity contribution in [2.45, 2.75) is 0 Å². The molecule has 0 spiro atoms. The van der Waals surface area contributed by atoms with Crippen molar-refractivity contribution in [1.29, 1.82) is 0 Å². The van der Waals surface area contributed by atoms with E-state index in [9.17, 15) is 10.1 Å². The van der Waals surface area contributed by atoms with Crippen LogP contribution in [-0.4, -0.2) is 4.92 Å². The Morgan fingerprint density at radius 1 is 0.667 bits per heavy atom. The van der Waals surface area contributed by atoms with Crippen LogP contribution < -0.4 is 4.57 Å². The minimum atomic E-state index is -0.335. The number of pyridine rings is 1. The van der Waals surface area contributed by atoms with Gasteiger partial charge in [-0.15, -0.1) is 0 Å². The Morgan fingerprint density at radius 2 is 1.37 bits per heavy atom. The fourth-order valence-electron chi connectivity index (χ4n) is 4.20. The van der Waals surface area contributed by atoms with Crippen molar-refractivity contribution >= 4 is 27.4 Å². The summed E-state index contributed by atoms with van der Waals surface area (Å²) in [5, 5.41) is 14.4. The molecule has 144 valence electrons. The third-order valence-corrected chi connectivity index (χ3v) is 5.60. The molecule has 0 unspecified atom stereocenters. The average molecular weight is 391 g/mol. The summed E-state index contributed by atoms with van der Waals surface area (Å²) in [5.74, 6) is 0. The SMILES string of the molecule is C[n+]1c(-c2cccc(-c3ccccc3)c2)c2cc([N+](=O)[O-])ccc2c2ccccc21. The van der Waals surface area contributed by atoms with Gasteiger partial charge in [-0.2, -0.15) is 4.57 Å². The number of nitro groups is 1. The Balaban J connectivity index is 1.87. The zero-order valence-electron chi connectivity index (χ0n) is 16.4. The highest BCUT2D eigenvalue weighted by molar-refractivity contribution is 6.09. The molecule has 5 rings (SSSR count). The molecule has 0 radical (unpaired) electrons. The van der Waals surface area contributed by atoms with Gasteiger partial charge in [-0.25, -0.2) is 0 Å². The Morgan fingerprint density at radius 3 is 2.17 bits per heavy atom. The van der Waals surface area contributed by atoms with E-state index in [0.717, 1.165) is 44.1 Å². The molecule has 1 heterocycles. The zero-order valence-corrected chi connectivity index (χ0v) is 16.4. The first-order valence-electron chi connectivity index (χ1n) is 9.78. The van der Waals surface area contributed by atoms with Crippen LogP contribution >= 0.6 is 0 Å². The molecule has 0 amide bonds. The second-order valence-electron chi connectivity index (χ2n) is 7.36. The molecule has 0 saturated carbocycles. The summed E-state index contributed by atoms with van der Waals surface area (Å²) in [6, 6.07) is 31.9. The summed E-state index contributed by atoms with van der Waals surface area (Å²) in [6.07, 6.45) is 0. The van der Waals surface area contributed by atoms with E-state index in [0.29, 0.717) is 0 Å². The third kappa shape index (κ3) is 2.90. The van der Waals surface area contributed by atoms with Gasteiger partial charge in [-0.3, -0.25) is 10.1 Å². The van der Waals surface area contributed by atoms with Gasteiger partial charge in [0, 0.05) is 29.1 Å². The predicted molar refractivity (Wildman–Crippen MR) is 120 cm³/mol. The molecular weight excluding hydrogens is 372 g/mol. The van der Waals surface area contributed by atoms with Gasteiger partial charge in [0.15, 0.2) is 0 Å². The number of fused-ring (bicyclic) bond motifs is 3. The van der Waals surface area contributed by atoms with Crippen LogP contribution in [0.5, 0.6) is 0 Å². The fraction of sp³-hybridized carbons (Fsp3) is 0.0385. The molecule has 0 N–H and O–H groups in total. The second kappa shape index (κ2) is 7.08. The number of rotatable bonds is 3. The van der Waals surface area contributed by atoms with Crippen LogP contribution in [0.2, 0.25) is 0 Å². The molecule has 0 aliphatic heterocycles. The number of nitrogens with zero attached hydrogens (tertiary/aromatic N) is 2. The highest BCUT2D eigenvalue weighted by Gasteiger charge is 2.22. The highest BCUT2D eigenvalue weighted by Crippen LogP contribution is 2.34. The summed E-state index contributed by atoms with van der Waals surface area (Å²) in [7, 11) is 2.02. The predicted octanol–water partition coefficient (Wildman–Crippen LogP) is 6.06. The molecule has 4 nitrogen and oxygen atoms in total. The molecule has 5 aromatic rings. The minimum absolute atomic E-state index is 0.0956. The quantitative estimate of drug-likeness (QED) is 0.162. The lowest BCUT2D eigenvalue weighted by molar-refractivity contribution is -0.632. The number of para-hydroxylation sites is 1. The molecule has 0 saturated heterocycles. The van der Waals surface area contributed by atoms with Gasteiger partial charge in [0.05, 0.1) is 15.7 Å². The molecular formula is C26H19N2O2+. The molecule has 1 aromatic heterocycles. The number of benzene rings is 4.